The van der Waals surface area contributed by atoms with E-state index < -0.39 is 0 Å². The minimum atomic E-state index is 0.968. The molecule has 0 saturated heterocycles. The Morgan fingerprint density at radius 3 is 2.54 bits per heavy atom. The maximum absolute atomic E-state index is 4.30. The highest BCUT2D eigenvalue weighted by Gasteiger charge is 1.96. The van der Waals surface area contributed by atoms with Crippen molar-refractivity contribution < 1.29 is 0 Å². The molecular weight excluding hydrogens is 162 g/mol. The quantitative estimate of drug-likeness (QED) is 0.618. The third kappa shape index (κ3) is 2.05. The van der Waals surface area contributed by atoms with Gasteiger partial charge in [-0.2, -0.15) is 0 Å². The van der Waals surface area contributed by atoms with Crippen molar-refractivity contribution in [2.45, 2.75) is 27.7 Å². The molecule has 0 spiro atoms. The standard InChI is InChI=1S/C8H9N3.C2H6/c1-6-3-8-10-7(2)4-11(8)5-9-6;1-2/h3-5H,1-2H3;1-2H3. The van der Waals surface area contributed by atoms with E-state index in [-0.39, 0.29) is 0 Å². The summed E-state index contributed by atoms with van der Waals surface area (Å²) in [5.41, 5.74) is 3.00. The Morgan fingerprint density at radius 1 is 1.15 bits per heavy atom. The van der Waals surface area contributed by atoms with Crippen LogP contribution in [0.3, 0.4) is 0 Å². The van der Waals surface area contributed by atoms with E-state index in [1.807, 2.05) is 44.4 Å². The van der Waals surface area contributed by atoms with Crippen LogP contribution in [0, 0.1) is 13.8 Å². The Hall–Kier alpha value is -1.38. The minimum Gasteiger partial charge on any atom is -0.290 e. The Morgan fingerprint density at radius 2 is 1.85 bits per heavy atom. The Bertz CT molecular complexity index is 390. The molecule has 2 aromatic rings. The normalized spacial score (nSPS) is 9.54. The molecule has 3 heteroatoms. The first kappa shape index (κ1) is 9.71. The summed E-state index contributed by atoms with van der Waals surface area (Å²) >= 11 is 0. The highest BCUT2D eigenvalue weighted by molar-refractivity contribution is 5.39. The summed E-state index contributed by atoms with van der Waals surface area (Å²) in [6.07, 6.45) is 3.74. The number of rotatable bonds is 0. The SMILES string of the molecule is CC.Cc1cc2nc(C)cn2cn1. The molecule has 2 aromatic heterocycles. The van der Waals surface area contributed by atoms with Crippen LogP contribution in [0.15, 0.2) is 18.6 Å². The summed E-state index contributed by atoms with van der Waals surface area (Å²) < 4.78 is 1.92. The molecule has 2 heterocycles. The van der Waals surface area contributed by atoms with Gasteiger partial charge in [-0.1, -0.05) is 13.8 Å². The van der Waals surface area contributed by atoms with Crippen LogP contribution in [0.25, 0.3) is 5.65 Å². The van der Waals surface area contributed by atoms with Gasteiger partial charge < -0.3 is 0 Å². The molecule has 0 unspecified atom stereocenters. The van der Waals surface area contributed by atoms with Gasteiger partial charge in [0, 0.05) is 18.0 Å². The molecule has 0 saturated carbocycles. The first-order valence-corrected chi connectivity index (χ1v) is 4.54. The van der Waals surface area contributed by atoms with Gasteiger partial charge in [0.15, 0.2) is 0 Å². The first-order valence-electron chi connectivity index (χ1n) is 4.54. The first-order chi connectivity index (χ1) is 6.25. The summed E-state index contributed by atoms with van der Waals surface area (Å²) in [4.78, 5) is 8.44. The topological polar surface area (TPSA) is 30.2 Å². The Labute approximate surface area is 78.5 Å². The van der Waals surface area contributed by atoms with Crippen LogP contribution in [0.4, 0.5) is 0 Å². The third-order valence-corrected chi connectivity index (χ3v) is 1.61. The van der Waals surface area contributed by atoms with E-state index in [1.54, 1.807) is 6.33 Å². The lowest BCUT2D eigenvalue weighted by Gasteiger charge is -1.91. The number of imidazole rings is 1. The van der Waals surface area contributed by atoms with E-state index >= 15 is 0 Å². The lowest BCUT2D eigenvalue weighted by atomic mass is 10.4. The molecule has 3 nitrogen and oxygen atoms in total. The van der Waals surface area contributed by atoms with Crippen molar-refractivity contribution >= 4 is 5.65 Å². The molecule has 0 aromatic carbocycles. The number of aromatic nitrogens is 3. The van der Waals surface area contributed by atoms with Crippen LogP contribution in [0.5, 0.6) is 0 Å². The van der Waals surface area contributed by atoms with Gasteiger partial charge in [-0.05, 0) is 13.8 Å². The van der Waals surface area contributed by atoms with Crippen LogP contribution < -0.4 is 0 Å². The maximum atomic E-state index is 4.30. The monoisotopic (exact) mass is 177 g/mol. The molecule has 0 radical (unpaired) electrons. The van der Waals surface area contributed by atoms with Gasteiger partial charge in [0.05, 0.1) is 5.69 Å². The lowest BCUT2D eigenvalue weighted by molar-refractivity contribution is 1.05. The molecule has 0 aliphatic rings. The van der Waals surface area contributed by atoms with E-state index in [0.717, 1.165) is 17.0 Å². The zero-order valence-electron chi connectivity index (χ0n) is 8.57. The van der Waals surface area contributed by atoms with Gasteiger partial charge in [0.2, 0.25) is 0 Å². The number of hydrogen-bond donors (Lipinski definition) is 0. The second-order valence-electron chi connectivity index (χ2n) is 2.68. The molecule has 70 valence electrons. The van der Waals surface area contributed by atoms with Crippen molar-refractivity contribution in [1.82, 2.24) is 14.4 Å². The Balaban J connectivity index is 0.000000396. The second-order valence-corrected chi connectivity index (χ2v) is 2.68. The van der Waals surface area contributed by atoms with Gasteiger partial charge in [-0.15, -0.1) is 0 Å². The number of fused-ring (bicyclic) bond motifs is 1. The van der Waals surface area contributed by atoms with Crippen molar-refractivity contribution in [3.05, 3.63) is 30.0 Å². The zero-order valence-corrected chi connectivity index (χ0v) is 8.57. The predicted molar refractivity (Wildman–Crippen MR) is 53.8 cm³/mol. The molecule has 13 heavy (non-hydrogen) atoms. The zero-order chi connectivity index (χ0) is 9.84. The molecule has 0 fully saturated rings. The van der Waals surface area contributed by atoms with E-state index in [0.29, 0.717) is 0 Å². The second kappa shape index (κ2) is 4.03. The number of nitrogens with zero attached hydrogens (tertiary/aromatic N) is 3. The summed E-state index contributed by atoms with van der Waals surface area (Å²) in [5, 5.41) is 0. The lowest BCUT2D eigenvalue weighted by Crippen LogP contribution is -1.87. The van der Waals surface area contributed by atoms with Crippen molar-refractivity contribution in [1.29, 1.82) is 0 Å². The molecule has 0 amide bonds. The molecule has 0 N–H and O–H groups in total. The molecular formula is C10H15N3. The highest BCUT2D eigenvalue weighted by Crippen LogP contribution is 2.03. The van der Waals surface area contributed by atoms with Gasteiger partial charge >= 0.3 is 0 Å². The fourth-order valence-corrected chi connectivity index (χ4v) is 1.11. The predicted octanol–water partition coefficient (Wildman–Crippen LogP) is 2.37. The van der Waals surface area contributed by atoms with Crippen LogP contribution in [0.1, 0.15) is 25.2 Å². The molecule has 0 aliphatic carbocycles. The van der Waals surface area contributed by atoms with Gasteiger partial charge in [0.1, 0.15) is 12.0 Å². The van der Waals surface area contributed by atoms with Gasteiger partial charge in [0.25, 0.3) is 0 Å². The smallest absolute Gasteiger partial charge is 0.139 e. The van der Waals surface area contributed by atoms with Crippen molar-refractivity contribution in [2.75, 3.05) is 0 Å². The van der Waals surface area contributed by atoms with Crippen molar-refractivity contribution in [3.63, 3.8) is 0 Å². The van der Waals surface area contributed by atoms with Crippen LogP contribution >= 0.6 is 0 Å². The average molecular weight is 177 g/mol. The van der Waals surface area contributed by atoms with E-state index in [2.05, 4.69) is 9.97 Å². The highest BCUT2D eigenvalue weighted by atomic mass is 15.0. The molecule has 0 bridgehead atoms. The average Bonchev–Trinajstić information content (AvgIpc) is 2.48. The summed E-state index contributed by atoms with van der Waals surface area (Å²) in [6, 6.07) is 1.97. The maximum Gasteiger partial charge on any atom is 0.139 e. The molecule has 2 rings (SSSR count). The summed E-state index contributed by atoms with van der Waals surface area (Å²) in [6.45, 7) is 7.94. The third-order valence-electron chi connectivity index (χ3n) is 1.61. The summed E-state index contributed by atoms with van der Waals surface area (Å²) in [7, 11) is 0. The largest absolute Gasteiger partial charge is 0.290 e. The molecule has 0 aliphatic heterocycles. The van der Waals surface area contributed by atoms with Crippen LogP contribution in [-0.2, 0) is 0 Å². The number of aryl methyl sites for hydroxylation is 2. The van der Waals surface area contributed by atoms with Crippen molar-refractivity contribution in [2.24, 2.45) is 0 Å². The fourth-order valence-electron chi connectivity index (χ4n) is 1.11. The Kier molecular flexibility index (Phi) is 3.01. The van der Waals surface area contributed by atoms with E-state index in [1.165, 1.54) is 0 Å². The minimum absolute atomic E-state index is 0.968. The van der Waals surface area contributed by atoms with Gasteiger partial charge in [-0.3, -0.25) is 4.40 Å². The molecule has 0 atom stereocenters. The van der Waals surface area contributed by atoms with E-state index in [4.69, 9.17) is 0 Å². The van der Waals surface area contributed by atoms with Gasteiger partial charge in [-0.25, -0.2) is 9.97 Å². The fraction of sp³-hybridized carbons (Fsp3) is 0.400. The number of hydrogen-bond acceptors (Lipinski definition) is 2. The van der Waals surface area contributed by atoms with Crippen molar-refractivity contribution in [3.8, 4) is 0 Å². The summed E-state index contributed by atoms with van der Waals surface area (Å²) in [5.74, 6) is 0. The van der Waals surface area contributed by atoms with Crippen LogP contribution in [0.2, 0.25) is 0 Å². The van der Waals surface area contributed by atoms with E-state index in [9.17, 15) is 0 Å². The van der Waals surface area contributed by atoms with Crippen LogP contribution in [-0.4, -0.2) is 14.4 Å².